The number of aromatic nitrogens is 4. The summed E-state index contributed by atoms with van der Waals surface area (Å²) < 4.78 is 3.84. The van der Waals surface area contributed by atoms with Gasteiger partial charge in [-0.3, -0.25) is 9.20 Å². The number of pyridine rings is 1. The van der Waals surface area contributed by atoms with Gasteiger partial charge in [0.25, 0.3) is 0 Å². The van der Waals surface area contributed by atoms with Crippen LogP contribution in [0.15, 0.2) is 23.5 Å². The van der Waals surface area contributed by atoms with Gasteiger partial charge in [-0.1, -0.05) is 35.0 Å². The molecule has 0 saturated carbocycles. The molecule has 0 radical (unpaired) electrons. The lowest BCUT2D eigenvalue weighted by Gasteiger charge is -2.05. The molecule has 0 aliphatic heterocycles. The second kappa shape index (κ2) is 6.78. The second-order valence-electron chi connectivity index (χ2n) is 5.42. The summed E-state index contributed by atoms with van der Waals surface area (Å²) in [7, 11) is 0. The van der Waals surface area contributed by atoms with Gasteiger partial charge in [-0.05, 0) is 32.9 Å². The van der Waals surface area contributed by atoms with Crippen LogP contribution >= 0.6 is 35.0 Å². The van der Waals surface area contributed by atoms with Gasteiger partial charge in [0.05, 0.1) is 15.8 Å². The number of halogens is 2. The summed E-state index contributed by atoms with van der Waals surface area (Å²) in [6, 6.07) is 3.56. The molecule has 3 heterocycles. The standard InChI is InChI=1S/C16H16Cl2N4OS/c1-4-21-9(2)5-12(10(21)3)14(23)8-24-16-20-19-15-13(18)6-11(17)7-22(15)16/h5-7H,4,8H2,1-3H3. The van der Waals surface area contributed by atoms with E-state index in [0.29, 0.717) is 20.8 Å². The maximum atomic E-state index is 12.6. The Bertz CT molecular complexity index is 932. The zero-order valence-corrected chi connectivity index (χ0v) is 15.8. The molecule has 0 aromatic carbocycles. The molecule has 126 valence electrons. The van der Waals surface area contributed by atoms with Gasteiger partial charge in [0.15, 0.2) is 16.6 Å². The molecule has 0 saturated heterocycles. The van der Waals surface area contributed by atoms with Crippen molar-refractivity contribution >= 4 is 46.4 Å². The summed E-state index contributed by atoms with van der Waals surface area (Å²) in [6.07, 6.45) is 1.69. The summed E-state index contributed by atoms with van der Waals surface area (Å²) in [5.41, 5.74) is 3.37. The molecule has 0 aliphatic rings. The van der Waals surface area contributed by atoms with Crippen LogP contribution in [-0.2, 0) is 6.54 Å². The average molecular weight is 383 g/mol. The first-order chi connectivity index (χ1) is 11.4. The Balaban J connectivity index is 1.82. The first kappa shape index (κ1) is 17.3. The summed E-state index contributed by atoms with van der Waals surface area (Å²) in [4.78, 5) is 12.6. The fourth-order valence-corrected chi connectivity index (χ4v) is 4.08. The average Bonchev–Trinajstić information content (AvgIpc) is 3.06. The summed E-state index contributed by atoms with van der Waals surface area (Å²) >= 11 is 13.5. The van der Waals surface area contributed by atoms with Crippen LogP contribution in [0.5, 0.6) is 0 Å². The number of nitrogens with zero attached hydrogens (tertiary/aromatic N) is 4. The summed E-state index contributed by atoms with van der Waals surface area (Å²) in [5, 5.41) is 9.66. The van der Waals surface area contributed by atoms with Crippen molar-refractivity contribution in [3.63, 3.8) is 0 Å². The van der Waals surface area contributed by atoms with Gasteiger partial charge in [-0.15, -0.1) is 10.2 Å². The fourth-order valence-electron chi connectivity index (χ4n) is 2.78. The van der Waals surface area contributed by atoms with Crippen LogP contribution in [0, 0.1) is 13.8 Å². The van der Waals surface area contributed by atoms with Gasteiger partial charge in [0, 0.05) is 29.7 Å². The van der Waals surface area contributed by atoms with Crippen LogP contribution < -0.4 is 0 Å². The number of Topliss-reactive ketones (excluding diaryl/α,β-unsaturated/α-hetero) is 1. The molecular weight excluding hydrogens is 367 g/mol. The van der Waals surface area contributed by atoms with Crippen LogP contribution in [0.4, 0.5) is 0 Å². The van der Waals surface area contributed by atoms with E-state index in [9.17, 15) is 4.79 Å². The number of carbonyl (C=O) groups excluding carboxylic acids is 1. The molecule has 0 aliphatic carbocycles. The van der Waals surface area contributed by atoms with Crippen molar-refractivity contribution in [1.82, 2.24) is 19.2 Å². The molecule has 24 heavy (non-hydrogen) atoms. The number of hydrogen-bond acceptors (Lipinski definition) is 4. The van der Waals surface area contributed by atoms with Crippen molar-refractivity contribution in [2.24, 2.45) is 0 Å². The van der Waals surface area contributed by atoms with E-state index in [1.165, 1.54) is 11.8 Å². The second-order valence-corrected chi connectivity index (χ2v) is 7.21. The zero-order chi connectivity index (χ0) is 17.4. The maximum absolute atomic E-state index is 12.6. The molecule has 0 unspecified atom stereocenters. The predicted molar refractivity (Wildman–Crippen MR) is 97.6 cm³/mol. The maximum Gasteiger partial charge on any atom is 0.196 e. The normalized spacial score (nSPS) is 11.4. The highest BCUT2D eigenvalue weighted by molar-refractivity contribution is 7.99. The van der Waals surface area contributed by atoms with Crippen molar-refractivity contribution in [2.45, 2.75) is 32.5 Å². The third-order valence-electron chi connectivity index (χ3n) is 3.92. The molecule has 5 nitrogen and oxygen atoms in total. The largest absolute Gasteiger partial charge is 0.349 e. The molecule has 0 atom stereocenters. The van der Waals surface area contributed by atoms with Gasteiger partial charge >= 0.3 is 0 Å². The molecule has 0 amide bonds. The van der Waals surface area contributed by atoms with Gasteiger partial charge in [-0.25, -0.2) is 0 Å². The van der Waals surface area contributed by atoms with Crippen LogP contribution in [0.25, 0.3) is 5.65 Å². The van der Waals surface area contributed by atoms with E-state index in [2.05, 4.69) is 21.7 Å². The molecule has 0 N–H and O–H groups in total. The number of aryl methyl sites for hydroxylation is 1. The molecule has 0 spiro atoms. The predicted octanol–water partition coefficient (Wildman–Crippen LogP) is 4.45. The van der Waals surface area contributed by atoms with Crippen LogP contribution in [0.3, 0.4) is 0 Å². The quantitative estimate of drug-likeness (QED) is 0.483. The molecular formula is C16H16Cl2N4OS. The third kappa shape index (κ3) is 3.06. The lowest BCUT2D eigenvalue weighted by molar-refractivity contribution is 0.102. The molecule has 3 aromatic rings. The Morgan fingerprint density at radius 2 is 2.00 bits per heavy atom. The van der Waals surface area contributed by atoms with Crippen molar-refractivity contribution in [2.75, 3.05) is 5.75 Å². The fraction of sp³-hybridized carbons (Fsp3) is 0.312. The lowest BCUT2D eigenvalue weighted by atomic mass is 10.2. The Morgan fingerprint density at radius 1 is 1.25 bits per heavy atom. The van der Waals surface area contributed by atoms with E-state index in [1.807, 2.05) is 19.9 Å². The number of carbonyl (C=O) groups is 1. The van der Waals surface area contributed by atoms with Crippen LogP contribution in [0.1, 0.15) is 28.7 Å². The number of hydrogen-bond donors (Lipinski definition) is 0. The Kier molecular flexibility index (Phi) is 4.90. The molecule has 0 bridgehead atoms. The smallest absolute Gasteiger partial charge is 0.196 e. The number of ketones is 1. The van der Waals surface area contributed by atoms with Gasteiger partial charge in [-0.2, -0.15) is 0 Å². The SMILES string of the molecule is CCn1c(C)cc(C(=O)CSc2nnc3c(Cl)cc(Cl)cn23)c1C. The molecule has 8 heteroatoms. The zero-order valence-electron chi connectivity index (χ0n) is 13.5. The first-order valence-corrected chi connectivity index (χ1v) is 9.19. The third-order valence-corrected chi connectivity index (χ3v) is 5.35. The first-order valence-electron chi connectivity index (χ1n) is 7.44. The highest BCUT2D eigenvalue weighted by atomic mass is 35.5. The number of thioether (sulfide) groups is 1. The minimum absolute atomic E-state index is 0.0673. The number of rotatable bonds is 5. The Hall–Kier alpha value is -1.50. The van der Waals surface area contributed by atoms with E-state index in [1.54, 1.807) is 16.7 Å². The van der Waals surface area contributed by atoms with Crippen molar-refractivity contribution in [3.05, 3.63) is 45.3 Å². The molecule has 0 fully saturated rings. The molecule has 3 rings (SSSR count). The van der Waals surface area contributed by atoms with Gasteiger partial charge in [0.2, 0.25) is 0 Å². The summed E-state index contributed by atoms with van der Waals surface area (Å²) in [6.45, 7) is 6.90. The van der Waals surface area contributed by atoms with E-state index in [4.69, 9.17) is 23.2 Å². The molecule has 3 aromatic heterocycles. The topological polar surface area (TPSA) is 52.2 Å². The van der Waals surface area contributed by atoms with E-state index in [0.717, 1.165) is 23.5 Å². The Morgan fingerprint density at radius 3 is 2.67 bits per heavy atom. The highest BCUT2D eigenvalue weighted by Crippen LogP contribution is 2.26. The van der Waals surface area contributed by atoms with Crippen LogP contribution in [-0.4, -0.2) is 30.7 Å². The van der Waals surface area contributed by atoms with Gasteiger partial charge < -0.3 is 4.57 Å². The van der Waals surface area contributed by atoms with Crippen LogP contribution in [0.2, 0.25) is 10.0 Å². The van der Waals surface area contributed by atoms with E-state index in [-0.39, 0.29) is 11.5 Å². The summed E-state index contributed by atoms with van der Waals surface area (Å²) in [5.74, 6) is 0.344. The van der Waals surface area contributed by atoms with Gasteiger partial charge in [0.1, 0.15) is 0 Å². The highest BCUT2D eigenvalue weighted by Gasteiger charge is 2.17. The van der Waals surface area contributed by atoms with Crippen molar-refractivity contribution in [3.8, 4) is 0 Å². The van der Waals surface area contributed by atoms with E-state index >= 15 is 0 Å². The van der Waals surface area contributed by atoms with Crippen molar-refractivity contribution < 1.29 is 4.79 Å². The number of fused-ring (bicyclic) bond motifs is 1. The van der Waals surface area contributed by atoms with Crippen molar-refractivity contribution in [1.29, 1.82) is 0 Å². The minimum atomic E-state index is 0.0673. The lowest BCUT2D eigenvalue weighted by Crippen LogP contribution is -2.06. The van der Waals surface area contributed by atoms with E-state index < -0.39 is 0 Å². The Labute approximate surface area is 154 Å². The monoisotopic (exact) mass is 382 g/mol. The minimum Gasteiger partial charge on any atom is -0.349 e.